The normalized spacial score (nSPS) is 10.8. The van der Waals surface area contributed by atoms with E-state index in [0.29, 0.717) is 27.4 Å². The van der Waals surface area contributed by atoms with Gasteiger partial charge in [-0.2, -0.15) is 10.2 Å². The number of nitrogens with one attached hydrogen (secondary N) is 1. The molecule has 0 atom stereocenters. The van der Waals surface area contributed by atoms with Gasteiger partial charge < -0.3 is 10.1 Å². The van der Waals surface area contributed by atoms with E-state index in [4.69, 9.17) is 39.5 Å². The number of hydrogen-bond acceptors (Lipinski definition) is 4. The Morgan fingerprint density at radius 3 is 2.55 bits per heavy atom. The van der Waals surface area contributed by atoms with Gasteiger partial charge in [0.05, 0.1) is 6.54 Å². The van der Waals surface area contributed by atoms with Crippen LogP contribution in [-0.4, -0.2) is 25.5 Å². The monoisotopic (exact) mass is 475 g/mol. The molecule has 1 amide bonds. The van der Waals surface area contributed by atoms with Gasteiger partial charge in [0.2, 0.25) is 0 Å². The molecule has 0 fully saturated rings. The van der Waals surface area contributed by atoms with Crippen LogP contribution in [-0.2, 0) is 13.3 Å². The van der Waals surface area contributed by atoms with Crippen molar-refractivity contribution >= 4 is 46.5 Å². The molecule has 2 aromatic carbocycles. The molecule has 0 saturated carbocycles. The molecule has 0 aliphatic heterocycles. The zero-order valence-corrected chi connectivity index (χ0v) is 18.3. The molecule has 0 saturated heterocycles. The predicted octanol–water partition coefficient (Wildman–Crippen LogP) is 5.38. The average molecular weight is 477 g/mol. The number of hydrogen-bond donors (Lipinski definition) is 1. The fourth-order valence-corrected chi connectivity index (χ4v) is 3.44. The van der Waals surface area contributed by atoms with E-state index >= 15 is 0 Å². The third-order valence-electron chi connectivity index (χ3n) is 4.28. The number of ether oxygens (including phenoxy) is 1. The van der Waals surface area contributed by atoms with E-state index in [2.05, 4.69) is 15.5 Å². The maximum Gasteiger partial charge on any atom is 0.277 e. The summed E-state index contributed by atoms with van der Waals surface area (Å²) >= 11 is 18.4. The lowest BCUT2D eigenvalue weighted by Gasteiger charge is -2.05. The van der Waals surface area contributed by atoms with Crippen molar-refractivity contribution in [1.29, 1.82) is 0 Å². The maximum atomic E-state index is 12.5. The Balaban J connectivity index is 1.39. The van der Waals surface area contributed by atoms with Crippen LogP contribution >= 0.6 is 34.8 Å². The SMILES string of the molecule is O=C(Nc1nn(Cc2ccc(Cl)cc2Cl)cc1Cl)c1ccn(COc2ccccc2)n1. The number of halogens is 3. The molecule has 7 nitrogen and oxygen atoms in total. The second-order valence-electron chi connectivity index (χ2n) is 6.54. The fraction of sp³-hybridized carbons (Fsp3) is 0.0952. The van der Waals surface area contributed by atoms with Crippen LogP contribution in [0.4, 0.5) is 5.82 Å². The van der Waals surface area contributed by atoms with Gasteiger partial charge in [-0.05, 0) is 35.9 Å². The van der Waals surface area contributed by atoms with Crippen LogP contribution in [0.1, 0.15) is 16.1 Å². The van der Waals surface area contributed by atoms with Crippen LogP contribution in [0.25, 0.3) is 0 Å². The number of para-hydroxylation sites is 1. The van der Waals surface area contributed by atoms with E-state index in [1.165, 1.54) is 4.68 Å². The molecular formula is C21H16Cl3N5O2. The van der Waals surface area contributed by atoms with Gasteiger partial charge in [0.25, 0.3) is 5.91 Å². The van der Waals surface area contributed by atoms with E-state index < -0.39 is 5.91 Å². The smallest absolute Gasteiger partial charge is 0.277 e. The summed E-state index contributed by atoms with van der Waals surface area (Å²) in [5.74, 6) is 0.504. The fourth-order valence-electron chi connectivity index (χ4n) is 2.77. The van der Waals surface area contributed by atoms with Crippen molar-refractivity contribution < 1.29 is 9.53 Å². The highest BCUT2D eigenvalue weighted by molar-refractivity contribution is 6.35. The summed E-state index contributed by atoms with van der Waals surface area (Å²) in [5, 5.41) is 12.6. The molecule has 2 heterocycles. The number of carbonyl (C=O) groups is 1. The highest BCUT2D eigenvalue weighted by Crippen LogP contribution is 2.24. The third kappa shape index (κ3) is 5.38. The zero-order valence-electron chi connectivity index (χ0n) is 16.0. The van der Waals surface area contributed by atoms with Gasteiger partial charge in [-0.25, -0.2) is 4.68 Å². The average Bonchev–Trinajstić information content (AvgIpc) is 3.36. The Bertz CT molecular complexity index is 1210. The van der Waals surface area contributed by atoms with Crippen molar-refractivity contribution in [1.82, 2.24) is 19.6 Å². The first-order chi connectivity index (χ1) is 15.0. The minimum atomic E-state index is -0.435. The number of nitrogens with zero attached hydrogens (tertiary/aromatic N) is 4. The second kappa shape index (κ2) is 9.43. The van der Waals surface area contributed by atoms with Crippen molar-refractivity contribution in [3.8, 4) is 5.75 Å². The van der Waals surface area contributed by atoms with E-state index in [9.17, 15) is 4.79 Å². The van der Waals surface area contributed by atoms with E-state index in [-0.39, 0.29) is 18.2 Å². The summed E-state index contributed by atoms with van der Waals surface area (Å²) < 4.78 is 8.71. The van der Waals surface area contributed by atoms with Gasteiger partial charge in [0.1, 0.15) is 10.8 Å². The number of aromatic nitrogens is 4. The van der Waals surface area contributed by atoms with Crippen LogP contribution in [0.15, 0.2) is 67.0 Å². The van der Waals surface area contributed by atoms with E-state index in [0.717, 1.165) is 5.56 Å². The molecule has 10 heteroatoms. The summed E-state index contributed by atoms with van der Waals surface area (Å²) in [6.07, 6.45) is 3.26. The van der Waals surface area contributed by atoms with Crippen LogP contribution < -0.4 is 10.1 Å². The number of amides is 1. The second-order valence-corrected chi connectivity index (χ2v) is 7.79. The van der Waals surface area contributed by atoms with Gasteiger partial charge in [-0.1, -0.05) is 59.1 Å². The van der Waals surface area contributed by atoms with Crippen LogP contribution in [0.2, 0.25) is 15.1 Å². The van der Waals surface area contributed by atoms with Gasteiger partial charge in [-0.3, -0.25) is 9.48 Å². The predicted molar refractivity (Wildman–Crippen MR) is 120 cm³/mol. The molecule has 2 aromatic heterocycles. The van der Waals surface area contributed by atoms with Gasteiger partial charge in [0, 0.05) is 22.4 Å². The van der Waals surface area contributed by atoms with Gasteiger partial charge in [-0.15, -0.1) is 0 Å². The summed E-state index contributed by atoms with van der Waals surface area (Å²) in [6, 6.07) is 16.1. The van der Waals surface area contributed by atoms with Crippen LogP contribution in [0.3, 0.4) is 0 Å². The molecule has 0 unspecified atom stereocenters. The molecule has 1 N–H and O–H groups in total. The highest BCUT2D eigenvalue weighted by Gasteiger charge is 2.15. The number of rotatable bonds is 7. The van der Waals surface area contributed by atoms with Crippen molar-refractivity contribution in [3.63, 3.8) is 0 Å². The Hall–Kier alpha value is -3.00. The Labute approximate surface area is 193 Å². The Morgan fingerprint density at radius 2 is 1.77 bits per heavy atom. The molecule has 4 aromatic rings. The van der Waals surface area contributed by atoms with Crippen LogP contribution in [0.5, 0.6) is 5.75 Å². The third-order valence-corrected chi connectivity index (χ3v) is 5.14. The van der Waals surface area contributed by atoms with E-state index in [1.54, 1.807) is 35.3 Å². The first-order valence-corrected chi connectivity index (χ1v) is 10.3. The molecule has 4 rings (SSSR count). The molecule has 31 heavy (non-hydrogen) atoms. The Morgan fingerprint density at radius 1 is 0.968 bits per heavy atom. The van der Waals surface area contributed by atoms with Crippen LogP contribution in [0, 0.1) is 0 Å². The minimum absolute atomic E-state index is 0.175. The molecule has 0 aliphatic rings. The molecule has 158 valence electrons. The standard InChI is InChI=1S/C21H16Cl3N5O2/c22-15-7-6-14(17(23)10-15)11-29-12-18(24)20(27-29)25-21(30)19-8-9-28(26-19)13-31-16-4-2-1-3-5-16/h1-10,12H,11,13H2,(H,25,27,30). The van der Waals surface area contributed by atoms with Gasteiger partial charge >= 0.3 is 0 Å². The lowest BCUT2D eigenvalue weighted by Crippen LogP contribution is -2.15. The van der Waals surface area contributed by atoms with Crippen molar-refractivity contribution in [3.05, 3.63) is 93.3 Å². The quantitative estimate of drug-likeness (QED) is 0.389. The largest absolute Gasteiger partial charge is 0.471 e. The molecule has 0 spiro atoms. The zero-order chi connectivity index (χ0) is 21.8. The summed E-state index contributed by atoms with van der Waals surface area (Å²) in [5.41, 5.74) is 1.03. The molecular weight excluding hydrogens is 461 g/mol. The lowest BCUT2D eigenvalue weighted by molar-refractivity contribution is 0.101. The van der Waals surface area contributed by atoms with Gasteiger partial charge in [0.15, 0.2) is 18.2 Å². The maximum absolute atomic E-state index is 12.5. The van der Waals surface area contributed by atoms with Crippen molar-refractivity contribution in [2.75, 3.05) is 5.32 Å². The summed E-state index contributed by atoms with van der Waals surface area (Å²) in [7, 11) is 0. The molecule has 0 aliphatic carbocycles. The van der Waals surface area contributed by atoms with Crippen molar-refractivity contribution in [2.24, 2.45) is 0 Å². The number of benzene rings is 2. The molecule has 0 bridgehead atoms. The Kier molecular flexibility index (Phi) is 6.46. The minimum Gasteiger partial charge on any atom is -0.471 e. The first kappa shape index (κ1) is 21.2. The number of anilines is 1. The van der Waals surface area contributed by atoms with Crippen molar-refractivity contribution in [2.45, 2.75) is 13.3 Å². The number of carbonyl (C=O) groups excluding carboxylic acids is 1. The van der Waals surface area contributed by atoms with E-state index in [1.807, 2.05) is 36.4 Å². The first-order valence-electron chi connectivity index (χ1n) is 9.17. The topological polar surface area (TPSA) is 74.0 Å². The summed E-state index contributed by atoms with van der Waals surface area (Å²) in [6.45, 7) is 0.547. The highest BCUT2D eigenvalue weighted by atomic mass is 35.5. The summed E-state index contributed by atoms with van der Waals surface area (Å²) in [4.78, 5) is 12.5. The lowest BCUT2D eigenvalue weighted by atomic mass is 10.2. The molecule has 0 radical (unpaired) electrons.